The van der Waals surface area contributed by atoms with Crippen LogP contribution in [-0.2, 0) is 5.41 Å². The summed E-state index contributed by atoms with van der Waals surface area (Å²) in [4.78, 5) is 0. The first kappa shape index (κ1) is 13.1. The maximum Gasteiger partial charge on any atom is 0.0175 e. The third-order valence-corrected chi connectivity index (χ3v) is 4.39. The molecule has 0 bridgehead atoms. The molecule has 0 saturated heterocycles. The van der Waals surface area contributed by atoms with Crippen LogP contribution < -0.4 is 5.32 Å². The fourth-order valence-corrected chi connectivity index (χ4v) is 2.75. The number of hydrogen-bond acceptors (Lipinski definition) is 1. The molecule has 1 aromatic rings. The summed E-state index contributed by atoms with van der Waals surface area (Å²) in [5, 5.41) is 3.57. The van der Waals surface area contributed by atoms with Crippen LogP contribution in [0, 0.1) is 11.8 Å². The molecule has 1 saturated carbocycles. The molecule has 0 spiro atoms. The molecule has 1 nitrogen and oxygen atoms in total. The lowest BCUT2D eigenvalue weighted by Crippen LogP contribution is -2.24. The molecule has 17 heavy (non-hydrogen) atoms. The highest BCUT2D eigenvalue weighted by atomic mass is 79.9. The molecular formula is C15H22BrN. The Balaban J connectivity index is 1.88. The molecular weight excluding hydrogens is 274 g/mol. The van der Waals surface area contributed by atoms with E-state index < -0.39 is 0 Å². The van der Waals surface area contributed by atoms with E-state index in [1.807, 2.05) is 0 Å². The highest BCUT2D eigenvalue weighted by molar-refractivity contribution is 9.10. The van der Waals surface area contributed by atoms with Crippen LogP contribution in [0.25, 0.3) is 0 Å². The Morgan fingerprint density at radius 3 is 2.59 bits per heavy atom. The summed E-state index contributed by atoms with van der Waals surface area (Å²) in [7, 11) is 0. The van der Waals surface area contributed by atoms with Crippen molar-refractivity contribution in [2.24, 2.45) is 11.8 Å². The smallest absolute Gasteiger partial charge is 0.0175 e. The molecule has 0 aromatic heterocycles. The minimum absolute atomic E-state index is 0.407. The van der Waals surface area contributed by atoms with E-state index in [4.69, 9.17) is 0 Å². The van der Waals surface area contributed by atoms with Gasteiger partial charge in [-0.25, -0.2) is 0 Å². The van der Waals surface area contributed by atoms with Crippen molar-refractivity contribution < 1.29 is 0 Å². The second kappa shape index (κ2) is 5.11. The fourth-order valence-electron chi connectivity index (χ4n) is 2.48. The molecule has 1 aromatic carbocycles. The van der Waals surface area contributed by atoms with Crippen LogP contribution in [0.1, 0.15) is 32.8 Å². The van der Waals surface area contributed by atoms with Gasteiger partial charge in [-0.3, -0.25) is 0 Å². The zero-order valence-electron chi connectivity index (χ0n) is 11.0. The van der Waals surface area contributed by atoms with E-state index >= 15 is 0 Å². The zero-order valence-corrected chi connectivity index (χ0v) is 12.5. The second-order valence-electron chi connectivity index (χ2n) is 5.88. The Morgan fingerprint density at radius 1 is 1.35 bits per heavy atom. The van der Waals surface area contributed by atoms with Crippen molar-refractivity contribution in [3.8, 4) is 0 Å². The van der Waals surface area contributed by atoms with Gasteiger partial charge >= 0.3 is 0 Å². The Labute approximate surface area is 113 Å². The van der Waals surface area contributed by atoms with Crippen LogP contribution in [0.5, 0.6) is 0 Å². The largest absolute Gasteiger partial charge is 0.316 e. The van der Waals surface area contributed by atoms with Crippen LogP contribution in [-0.4, -0.2) is 13.1 Å². The van der Waals surface area contributed by atoms with Crippen molar-refractivity contribution >= 4 is 15.9 Å². The Bertz CT molecular complexity index is 371. The third kappa shape index (κ3) is 3.11. The molecule has 1 fully saturated rings. The van der Waals surface area contributed by atoms with Crippen molar-refractivity contribution in [2.45, 2.75) is 32.6 Å². The molecule has 2 heteroatoms. The SMILES string of the molecule is CC(C)CNCC1CC1(C)c1ccc(Br)cc1. The zero-order chi connectivity index (χ0) is 12.5. The molecule has 2 unspecified atom stereocenters. The van der Waals surface area contributed by atoms with E-state index in [-0.39, 0.29) is 0 Å². The second-order valence-corrected chi connectivity index (χ2v) is 6.79. The quantitative estimate of drug-likeness (QED) is 0.867. The van der Waals surface area contributed by atoms with Gasteiger partial charge in [0.1, 0.15) is 0 Å². The van der Waals surface area contributed by atoms with Gasteiger partial charge in [-0.15, -0.1) is 0 Å². The van der Waals surface area contributed by atoms with Crippen LogP contribution in [0.3, 0.4) is 0 Å². The minimum atomic E-state index is 0.407. The first-order chi connectivity index (χ1) is 8.02. The predicted octanol–water partition coefficient (Wildman–Crippen LogP) is 3.97. The molecule has 0 aliphatic heterocycles. The fraction of sp³-hybridized carbons (Fsp3) is 0.600. The van der Waals surface area contributed by atoms with E-state index in [1.165, 1.54) is 16.5 Å². The van der Waals surface area contributed by atoms with Gasteiger partial charge in [-0.05, 0) is 54.5 Å². The standard InChI is InChI=1S/C15H22BrN/c1-11(2)9-17-10-13-8-15(13,3)12-4-6-14(16)7-5-12/h4-7,11,13,17H,8-10H2,1-3H3. The molecule has 1 aliphatic carbocycles. The van der Waals surface area contributed by atoms with Crippen LogP contribution >= 0.6 is 15.9 Å². The van der Waals surface area contributed by atoms with Gasteiger partial charge in [0.25, 0.3) is 0 Å². The lowest BCUT2D eigenvalue weighted by atomic mass is 9.95. The van der Waals surface area contributed by atoms with E-state index in [2.05, 4.69) is 66.3 Å². The average molecular weight is 296 g/mol. The molecule has 0 heterocycles. The third-order valence-electron chi connectivity index (χ3n) is 3.86. The Kier molecular flexibility index (Phi) is 3.94. The molecule has 94 valence electrons. The van der Waals surface area contributed by atoms with E-state index in [1.54, 1.807) is 0 Å². The van der Waals surface area contributed by atoms with Crippen LogP contribution in [0.15, 0.2) is 28.7 Å². The van der Waals surface area contributed by atoms with Gasteiger partial charge in [0.05, 0.1) is 0 Å². The van der Waals surface area contributed by atoms with Crippen LogP contribution in [0.4, 0.5) is 0 Å². The molecule has 1 aliphatic rings. The maximum atomic E-state index is 3.57. The lowest BCUT2D eigenvalue weighted by Gasteiger charge is -2.13. The number of benzene rings is 1. The molecule has 2 atom stereocenters. The molecule has 2 rings (SSSR count). The molecule has 0 amide bonds. The van der Waals surface area contributed by atoms with Crippen molar-refractivity contribution in [3.05, 3.63) is 34.3 Å². The van der Waals surface area contributed by atoms with E-state index in [0.717, 1.165) is 24.9 Å². The first-order valence-corrected chi connectivity index (χ1v) is 7.28. The van der Waals surface area contributed by atoms with Gasteiger partial charge in [0.2, 0.25) is 0 Å². The summed E-state index contributed by atoms with van der Waals surface area (Å²) in [6.45, 7) is 9.19. The molecule has 1 N–H and O–H groups in total. The van der Waals surface area contributed by atoms with Crippen molar-refractivity contribution in [3.63, 3.8) is 0 Å². The number of hydrogen-bond donors (Lipinski definition) is 1. The van der Waals surface area contributed by atoms with Gasteiger partial charge in [-0.1, -0.05) is 48.8 Å². The highest BCUT2D eigenvalue weighted by Crippen LogP contribution is 2.53. The minimum Gasteiger partial charge on any atom is -0.316 e. The van der Waals surface area contributed by atoms with Gasteiger partial charge in [-0.2, -0.15) is 0 Å². The number of nitrogens with one attached hydrogen (secondary N) is 1. The Morgan fingerprint density at radius 2 is 2.00 bits per heavy atom. The molecule has 0 radical (unpaired) electrons. The van der Waals surface area contributed by atoms with Crippen LogP contribution in [0.2, 0.25) is 0 Å². The Hall–Kier alpha value is -0.340. The topological polar surface area (TPSA) is 12.0 Å². The summed E-state index contributed by atoms with van der Waals surface area (Å²) in [5.41, 5.74) is 1.89. The van der Waals surface area contributed by atoms with E-state index in [0.29, 0.717) is 5.41 Å². The van der Waals surface area contributed by atoms with E-state index in [9.17, 15) is 0 Å². The predicted molar refractivity (Wildman–Crippen MR) is 77.3 cm³/mol. The van der Waals surface area contributed by atoms with Gasteiger partial charge < -0.3 is 5.32 Å². The van der Waals surface area contributed by atoms with Crippen molar-refractivity contribution in [1.29, 1.82) is 0 Å². The summed E-state index contributed by atoms with van der Waals surface area (Å²) >= 11 is 3.49. The van der Waals surface area contributed by atoms with Gasteiger partial charge in [0, 0.05) is 4.47 Å². The van der Waals surface area contributed by atoms with Crippen molar-refractivity contribution in [2.75, 3.05) is 13.1 Å². The normalized spacial score (nSPS) is 27.5. The summed E-state index contributed by atoms with van der Waals surface area (Å²) in [6.07, 6.45) is 1.32. The highest BCUT2D eigenvalue weighted by Gasteiger charge is 2.50. The van der Waals surface area contributed by atoms with Crippen molar-refractivity contribution in [1.82, 2.24) is 5.32 Å². The van der Waals surface area contributed by atoms with Gasteiger partial charge in [0.15, 0.2) is 0 Å². The summed E-state index contributed by atoms with van der Waals surface area (Å²) in [6, 6.07) is 8.81. The monoisotopic (exact) mass is 295 g/mol. The lowest BCUT2D eigenvalue weighted by molar-refractivity contribution is 0.515. The average Bonchev–Trinajstić information content (AvgIpc) is 2.91. The number of rotatable bonds is 5. The number of halogens is 1. The summed E-state index contributed by atoms with van der Waals surface area (Å²) < 4.78 is 1.17. The first-order valence-electron chi connectivity index (χ1n) is 6.49. The summed E-state index contributed by atoms with van der Waals surface area (Å²) in [5.74, 6) is 1.55. The maximum absolute atomic E-state index is 3.57.